The SMILES string of the molecule is CCOc1ccc(OCCNC(=O)Cn2nc(-c3cccc(OC)c3)ccc2=O)cc1. The number of nitrogens with one attached hydrogen (secondary N) is 1. The van der Waals surface area contributed by atoms with Crippen molar-refractivity contribution in [2.24, 2.45) is 0 Å². The Bertz CT molecular complexity index is 1060. The van der Waals surface area contributed by atoms with Crippen LogP contribution in [0.1, 0.15) is 6.92 Å². The van der Waals surface area contributed by atoms with E-state index in [-0.39, 0.29) is 18.0 Å². The lowest BCUT2D eigenvalue weighted by molar-refractivity contribution is -0.122. The number of carbonyl (C=O) groups excluding carboxylic acids is 1. The summed E-state index contributed by atoms with van der Waals surface area (Å²) < 4.78 is 17.3. The number of hydrogen-bond acceptors (Lipinski definition) is 6. The van der Waals surface area contributed by atoms with Gasteiger partial charge in [0, 0.05) is 11.6 Å². The number of carbonyl (C=O) groups is 1. The van der Waals surface area contributed by atoms with Crippen molar-refractivity contribution in [3.8, 4) is 28.5 Å². The molecular formula is C23H25N3O5. The molecule has 0 spiro atoms. The lowest BCUT2D eigenvalue weighted by Gasteiger charge is -2.10. The number of benzene rings is 2. The summed E-state index contributed by atoms with van der Waals surface area (Å²) in [7, 11) is 1.58. The maximum atomic E-state index is 12.2. The van der Waals surface area contributed by atoms with Gasteiger partial charge in [-0.2, -0.15) is 5.10 Å². The zero-order valence-electron chi connectivity index (χ0n) is 17.5. The van der Waals surface area contributed by atoms with Gasteiger partial charge in [-0.15, -0.1) is 0 Å². The monoisotopic (exact) mass is 423 g/mol. The standard InChI is InChI=1S/C23H25N3O5/c1-3-30-18-7-9-19(10-8-18)31-14-13-24-22(27)16-26-23(28)12-11-21(25-26)17-5-4-6-20(15-17)29-2/h4-12,15H,3,13-14,16H2,1-2H3,(H,24,27). The van der Waals surface area contributed by atoms with Gasteiger partial charge >= 0.3 is 0 Å². The van der Waals surface area contributed by atoms with E-state index in [4.69, 9.17) is 14.2 Å². The third-order valence-electron chi connectivity index (χ3n) is 4.35. The van der Waals surface area contributed by atoms with Crippen molar-refractivity contribution < 1.29 is 19.0 Å². The first-order valence-corrected chi connectivity index (χ1v) is 9.94. The smallest absolute Gasteiger partial charge is 0.267 e. The number of methoxy groups -OCH3 is 1. The highest BCUT2D eigenvalue weighted by molar-refractivity contribution is 5.75. The van der Waals surface area contributed by atoms with Crippen LogP contribution in [0.5, 0.6) is 17.2 Å². The molecule has 0 aliphatic rings. The van der Waals surface area contributed by atoms with Crippen molar-refractivity contribution in [2.75, 3.05) is 26.9 Å². The number of hydrogen-bond donors (Lipinski definition) is 1. The van der Waals surface area contributed by atoms with E-state index >= 15 is 0 Å². The van der Waals surface area contributed by atoms with Crippen molar-refractivity contribution in [2.45, 2.75) is 13.5 Å². The Labute approximate surface area is 180 Å². The third-order valence-corrected chi connectivity index (χ3v) is 4.35. The molecule has 0 bridgehead atoms. The average molecular weight is 423 g/mol. The molecule has 8 nitrogen and oxygen atoms in total. The van der Waals surface area contributed by atoms with Crippen molar-refractivity contribution in [3.05, 3.63) is 71.0 Å². The molecule has 1 aromatic heterocycles. The first-order valence-electron chi connectivity index (χ1n) is 9.94. The fraction of sp³-hybridized carbons (Fsp3) is 0.261. The molecule has 1 heterocycles. The third kappa shape index (κ3) is 6.33. The van der Waals surface area contributed by atoms with E-state index < -0.39 is 0 Å². The van der Waals surface area contributed by atoms with Crippen LogP contribution in [-0.2, 0) is 11.3 Å². The molecule has 31 heavy (non-hydrogen) atoms. The van der Waals surface area contributed by atoms with Gasteiger partial charge in [0.15, 0.2) is 0 Å². The second-order valence-electron chi connectivity index (χ2n) is 6.55. The van der Waals surface area contributed by atoms with E-state index in [1.807, 2.05) is 43.3 Å². The number of amides is 1. The number of aromatic nitrogens is 2. The van der Waals surface area contributed by atoms with E-state index in [0.717, 1.165) is 16.0 Å². The minimum Gasteiger partial charge on any atom is -0.497 e. The van der Waals surface area contributed by atoms with Gasteiger partial charge in [0.2, 0.25) is 5.91 Å². The zero-order chi connectivity index (χ0) is 22.1. The summed E-state index contributed by atoms with van der Waals surface area (Å²) in [5.41, 5.74) is 1.01. The Balaban J connectivity index is 1.52. The fourth-order valence-electron chi connectivity index (χ4n) is 2.85. The van der Waals surface area contributed by atoms with Crippen LogP contribution in [0.15, 0.2) is 65.5 Å². The first kappa shape index (κ1) is 21.9. The molecular weight excluding hydrogens is 398 g/mol. The van der Waals surface area contributed by atoms with E-state index in [2.05, 4.69) is 10.4 Å². The minimum absolute atomic E-state index is 0.181. The fourth-order valence-corrected chi connectivity index (χ4v) is 2.85. The zero-order valence-corrected chi connectivity index (χ0v) is 17.5. The van der Waals surface area contributed by atoms with Gasteiger partial charge in [-0.1, -0.05) is 12.1 Å². The van der Waals surface area contributed by atoms with E-state index in [9.17, 15) is 9.59 Å². The second-order valence-corrected chi connectivity index (χ2v) is 6.55. The normalized spacial score (nSPS) is 10.4. The molecule has 1 amide bonds. The van der Waals surface area contributed by atoms with Crippen LogP contribution in [0.3, 0.4) is 0 Å². The van der Waals surface area contributed by atoms with E-state index in [0.29, 0.717) is 37.0 Å². The Morgan fingerprint density at radius 3 is 2.45 bits per heavy atom. The molecule has 0 saturated carbocycles. The van der Waals surface area contributed by atoms with Crippen LogP contribution >= 0.6 is 0 Å². The molecule has 1 N–H and O–H groups in total. The van der Waals surface area contributed by atoms with Gasteiger partial charge in [-0.3, -0.25) is 9.59 Å². The largest absolute Gasteiger partial charge is 0.497 e. The lowest BCUT2D eigenvalue weighted by atomic mass is 10.1. The summed E-state index contributed by atoms with van der Waals surface area (Å²) in [5, 5.41) is 7.03. The van der Waals surface area contributed by atoms with Crippen LogP contribution in [0.25, 0.3) is 11.3 Å². The maximum absolute atomic E-state index is 12.2. The van der Waals surface area contributed by atoms with Gasteiger partial charge < -0.3 is 19.5 Å². The minimum atomic E-state index is -0.354. The van der Waals surface area contributed by atoms with Crippen molar-refractivity contribution in [1.82, 2.24) is 15.1 Å². The summed E-state index contributed by atoms with van der Waals surface area (Å²) in [6, 6.07) is 17.6. The Kier molecular flexibility index (Phi) is 7.64. The highest BCUT2D eigenvalue weighted by Crippen LogP contribution is 2.21. The maximum Gasteiger partial charge on any atom is 0.267 e. The van der Waals surface area contributed by atoms with Gasteiger partial charge in [-0.05, 0) is 49.4 Å². The van der Waals surface area contributed by atoms with Crippen LogP contribution in [0.4, 0.5) is 0 Å². The predicted molar refractivity (Wildman–Crippen MR) is 117 cm³/mol. The highest BCUT2D eigenvalue weighted by atomic mass is 16.5. The van der Waals surface area contributed by atoms with Crippen molar-refractivity contribution in [1.29, 1.82) is 0 Å². The first-order chi connectivity index (χ1) is 15.1. The topological polar surface area (TPSA) is 91.7 Å². The molecule has 0 atom stereocenters. The molecule has 0 radical (unpaired) electrons. The summed E-state index contributed by atoms with van der Waals surface area (Å²) >= 11 is 0. The molecule has 0 aliphatic heterocycles. The molecule has 2 aromatic carbocycles. The quantitative estimate of drug-likeness (QED) is 0.504. The Morgan fingerprint density at radius 2 is 1.74 bits per heavy atom. The summed E-state index contributed by atoms with van der Waals surface area (Å²) in [6.45, 7) is 2.94. The predicted octanol–water partition coefficient (Wildman–Crippen LogP) is 2.51. The molecule has 0 saturated heterocycles. The van der Waals surface area contributed by atoms with Crippen LogP contribution in [0, 0.1) is 0 Å². The molecule has 0 aliphatic carbocycles. The molecule has 8 heteroatoms. The molecule has 3 rings (SSSR count). The molecule has 3 aromatic rings. The number of ether oxygens (including phenoxy) is 3. The van der Waals surface area contributed by atoms with Crippen LogP contribution < -0.4 is 25.1 Å². The summed E-state index contributed by atoms with van der Waals surface area (Å²) in [6.07, 6.45) is 0. The van der Waals surface area contributed by atoms with Gasteiger partial charge in [0.25, 0.3) is 5.56 Å². The Morgan fingerprint density at radius 1 is 1.00 bits per heavy atom. The summed E-state index contributed by atoms with van der Waals surface area (Å²) in [5.74, 6) is 1.81. The van der Waals surface area contributed by atoms with E-state index in [1.165, 1.54) is 6.07 Å². The van der Waals surface area contributed by atoms with Crippen molar-refractivity contribution >= 4 is 5.91 Å². The van der Waals surface area contributed by atoms with Gasteiger partial charge in [0.05, 0.1) is 26.0 Å². The van der Waals surface area contributed by atoms with E-state index in [1.54, 1.807) is 25.3 Å². The van der Waals surface area contributed by atoms with Gasteiger partial charge in [-0.25, -0.2) is 4.68 Å². The highest BCUT2D eigenvalue weighted by Gasteiger charge is 2.08. The van der Waals surface area contributed by atoms with Crippen LogP contribution in [0.2, 0.25) is 0 Å². The van der Waals surface area contributed by atoms with Crippen LogP contribution in [-0.4, -0.2) is 42.6 Å². The second kappa shape index (κ2) is 10.8. The Hall–Kier alpha value is -3.81. The summed E-state index contributed by atoms with van der Waals surface area (Å²) in [4.78, 5) is 24.3. The average Bonchev–Trinajstić information content (AvgIpc) is 2.79. The lowest BCUT2D eigenvalue weighted by Crippen LogP contribution is -2.35. The molecule has 0 unspecified atom stereocenters. The van der Waals surface area contributed by atoms with Crippen molar-refractivity contribution in [3.63, 3.8) is 0 Å². The molecule has 162 valence electrons. The number of nitrogens with zero attached hydrogens (tertiary/aromatic N) is 2. The molecule has 0 fully saturated rings. The number of rotatable bonds is 10. The van der Waals surface area contributed by atoms with Gasteiger partial charge in [0.1, 0.15) is 30.4 Å².